The number of anilines is 1. The third kappa shape index (κ3) is 2.74. The molecule has 1 aliphatic rings. The normalized spacial score (nSPS) is 22.6. The van der Waals surface area contributed by atoms with Crippen LogP contribution < -0.4 is 10.5 Å². The minimum atomic E-state index is -3.93. The molecule has 1 saturated carbocycles. The highest BCUT2D eigenvalue weighted by Crippen LogP contribution is 2.38. The second kappa shape index (κ2) is 4.76. The van der Waals surface area contributed by atoms with Gasteiger partial charge in [-0.2, -0.15) is 0 Å². The van der Waals surface area contributed by atoms with Gasteiger partial charge in [-0.25, -0.2) is 17.5 Å². The first-order valence-electron chi connectivity index (χ1n) is 6.30. The van der Waals surface area contributed by atoms with Crippen molar-refractivity contribution >= 4 is 15.7 Å². The van der Waals surface area contributed by atoms with Gasteiger partial charge in [0.25, 0.3) is 0 Å². The molecule has 106 valence electrons. The van der Waals surface area contributed by atoms with E-state index in [-0.39, 0.29) is 17.1 Å². The zero-order valence-corrected chi connectivity index (χ0v) is 11.9. The van der Waals surface area contributed by atoms with Gasteiger partial charge in [0.05, 0.1) is 5.69 Å². The summed E-state index contributed by atoms with van der Waals surface area (Å²) in [5.74, 6) is -0.816. The van der Waals surface area contributed by atoms with Crippen LogP contribution in [0.2, 0.25) is 0 Å². The maximum atomic E-state index is 13.7. The van der Waals surface area contributed by atoms with Crippen LogP contribution >= 0.6 is 0 Å². The van der Waals surface area contributed by atoms with Crippen LogP contribution in [0.25, 0.3) is 0 Å². The average molecular weight is 286 g/mol. The molecule has 1 unspecified atom stereocenters. The topological polar surface area (TPSA) is 72.2 Å². The van der Waals surface area contributed by atoms with Crippen LogP contribution in [0.4, 0.5) is 10.1 Å². The van der Waals surface area contributed by atoms with Gasteiger partial charge in [-0.1, -0.05) is 26.3 Å². The summed E-state index contributed by atoms with van der Waals surface area (Å²) in [6.07, 6.45) is 2.68. The molecule has 0 aliphatic heterocycles. The fraction of sp³-hybridized carbons (Fsp3) is 0.538. The summed E-state index contributed by atoms with van der Waals surface area (Å²) in [6, 6.07) is 3.70. The Morgan fingerprint density at radius 2 is 2.11 bits per heavy atom. The van der Waals surface area contributed by atoms with Crippen LogP contribution in [0.3, 0.4) is 0 Å². The van der Waals surface area contributed by atoms with E-state index in [9.17, 15) is 12.8 Å². The molecule has 0 spiro atoms. The van der Waals surface area contributed by atoms with Crippen LogP contribution in [-0.2, 0) is 10.0 Å². The molecular weight excluding hydrogens is 267 g/mol. The van der Waals surface area contributed by atoms with Gasteiger partial charge in [0.2, 0.25) is 10.0 Å². The van der Waals surface area contributed by atoms with E-state index in [2.05, 4.69) is 4.72 Å². The summed E-state index contributed by atoms with van der Waals surface area (Å²) in [7, 11) is -3.93. The van der Waals surface area contributed by atoms with Crippen molar-refractivity contribution in [2.45, 2.75) is 44.0 Å². The average Bonchev–Trinajstić information content (AvgIpc) is 2.56. The van der Waals surface area contributed by atoms with Crippen LogP contribution in [0, 0.1) is 11.2 Å². The van der Waals surface area contributed by atoms with E-state index < -0.39 is 20.7 Å². The number of hydrogen-bond donors (Lipinski definition) is 2. The Balaban J connectivity index is 2.34. The maximum absolute atomic E-state index is 13.7. The molecule has 1 aromatic rings. The minimum Gasteiger partial charge on any atom is -0.398 e. The Morgan fingerprint density at radius 3 is 2.63 bits per heavy atom. The smallest absolute Gasteiger partial charge is 0.245 e. The van der Waals surface area contributed by atoms with Gasteiger partial charge in [-0.05, 0) is 30.4 Å². The van der Waals surface area contributed by atoms with Crippen molar-refractivity contribution in [1.29, 1.82) is 0 Å². The lowest BCUT2D eigenvalue weighted by atomic mass is 9.88. The molecular formula is C13H19FN2O2S. The Kier molecular flexibility index (Phi) is 3.57. The van der Waals surface area contributed by atoms with Gasteiger partial charge in [0, 0.05) is 6.04 Å². The van der Waals surface area contributed by atoms with Crippen molar-refractivity contribution in [3.8, 4) is 0 Å². The van der Waals surface area contributed by atoms with E-state index >= 15 is 0 Å². The number of halogens is 1. The predicted molar refractivity (Wildman–Crippen MR) is 72.6 cm³/mol. The number of sulfonamides is 1. The first-order valence-corrected chi connectivity index (χ1v) is 7.79. The lowest BCUT2D eigenvalue weighted by molar-refractivity contribution is 0.312. The molecule has 4 nitrogen and oxygen atoms in total. The molecule has 0 bridgehead atoms. The fourth-order valence-electron chi connectivity index (χ4n) is 2.60. The number of nitrogen functional groups attached to an aromatic ring is 1. The predicted octanol–water partition coefficient (Wildman–Crippen LogP) is 2.26. The number of nitrogens with two attached hydrogens (primary N) is 1. The van der Waals surface area contributed by atoms with E-state index in [1.807, 2.05) is 13.8 Å². The summed E-state index contributed by atoms with van der Waals surface area (Å²) in [4.78, 5) is -0.447. The molecule has 3 N–H and O–H groups in total. The fourth-order valence-corrected chi connectivity index (χ4v) is 4.23. The van der Waals surface area contributed by atoms with Gasteiger partial charge in [0.15, 0.2) is 0 Å². The highest BCUT2D eigenvalue weighted by atomic mass is 32.2. The van der Waals surface area contributed by atoms with E-state index in [1.54, 1.807) is 0 Å². The monoisotopic (exact) mass is 286 g/mol. The number of benzene rings is 1. The highest BCUT2D eigenvalue weighted by molar-refractivity contribution is 7.89. The molecule has 0 amide bonds. The van der Waals surface area contributed by atoms with Crippen molar-refractivity contribution < 1.29 is 12.8 Å². The summed E-state index contributed by atoms with van der Waals surface area (Å²) in [6.45, 7) is 4.02. The lowest BCUT2D eigenvalue weighted by Crippen LogP contribution is -2.41. The van der Waals surface area contributed by atoms with E-state index in [0.717, 1.165) is 25.3 Å². The van der Waals surface area contributed by atoms with Crippen LogP contribution in [-0.4, -0.2) is 14.5 Å². The van der Waals surface area contributed by atoms with Crippen molar-refractivity contribution in [3.63, 3.8) is 0 Å². The summed E-state index contributed by atoms with van der Waals surface area (Å²) >= 11 is 0. The Labute approximate surface area is 113 Å². The Morgan fingerprint density at radius 1 is 1.42 bits per heavy atom. The second-order valence-corrected chi connectivity index (χ2v) is 7.36. The third-order valence-electron chi connectivity index (χ3n) is 3.82. The lowest BCUT2D eigenvalue weighted by Gasteiger charge is -2.27. The first-order chi connectivity index (χ1) is 8.74. The molecule has 1 aliphatic carbocycles. The molecule has 1 atom stereocenters. The van der Waals surface area contributed by atoms with Gasteiger partial charge in [0.1, 0.15) is 10.7 Å². The highest BCUT2D eigenvalue weighted by Gasteiger charge is 2.38. The molecule has 0 aromatic heterocycles. The van der Waals surface area contributed by atoms with E-state index in [4.69, 9.17) is 5.73 Å². The third-order valence-corrected chi connectivity index (χ3v) is 5.38. The van der Waals surface area contributed by atoms with Gasteiger partial charge in [-0.15, -0.1) is 0 Å². The van der Waals surface area contributed by atoms with E-state index in [1.165, 1.54) is 12.1 Å². The molecule has 6 heteroatoms. The van der Waals surface area contributed by atoms with Crippen LogP contribution in [0.1, 0.15) is 33.1 Å². The largest absolute Gasteiger partial charge is 0.398 e. The molecule has 1 fully saturated rings. The van der Waals surface area contributed by atoms with Crippen molar-refractivity contribution in [3.05, 3.63) is 24.0 Å². The summed E-state index contributed by atoms with van der Waals surface area (Å²) < 4.78 is 40.9. The second-order valence-electron chi connectivity index (χ2n) is 5.71. The Bertz CT molecular complexity index is 564. The quantitative estimate of drug-likeness (QED) is 0.837. The molecule has 2 rings (SSSR count). The number of hydrogen-bond acceptors (Lipinski definition) is 3. The first kappa shape index (κ1) is 14.3. The van der Waals surface area contributed by atoms with Crippen LogP contribution in [0.15, 0.2) is 23.1 Å². The van der Waals surface area contributed by atoms with Gasteiger partial charge < -0.3 is 5.73 Å². The zero-order valence-electron chi connectivity index (χ0n) is 11.1. The zero-order chi connectivity index (χ0) is 14.3. The summed E-state index contributed by atoms with van der Waals surface area (Å²) in [5, 5.41) is 0. The van der Waals surface area contributed by atoms with E-state index in [0.29, 0.717) is 0 Å². The Hall–Kier alpha value is -1.14. The summed E-state index contributed by atoms with van der Waals surface area (Å²) in [5.41, 5.74) is 5.41. The number of rotatable bonds is 3. The van der Waals surface area contributed by atoms with Crippen molar-refractivity contribution in [1.82, 2.24) is 4.72 Å². The number of nitrogens with one attached hydrogen (secondary N) is 1. The van der Waals surface area contributed by atoms with Crippen LogP contribution in [0.5, 0.6) is 0 Å². The van der Waals surface area contributed by atoms with Gasteiger partial charge >= 0.3 is 0 Å². The minimum absolute atomic E-state index is 0.0664. The van der Waals surface area contributed by atoms with Crippen molar-refractivity contribution in [2.24, 2.45) is 5.41 Å². The SMILES string of the molecule is CC1(C)CCCC1NS(=O)(=O)c1c(N)cccc1F. The molecule has 0 radical (unpaired) electrons. The molecule has 0 saturated heterocycles. The molecule has 1 aromatic carbocycles. The molecule has 19 heavy (non-hydrogen) atoms. The molecule has 0 heterocycles. The van der Waals surface area contributed by atoms with Gasteiger partial charge in [-0.3, -0.25) is 0 Å². The standard InChI is InChI=1S/C13H19FN2O2S/c1-13(2)8-4-7-11(13)16-19(17,18)12-9(14)5-3-6-10(12)15/h3,5-6,11,16H,4,7-8,15H2,1-2H3. The van der Waals surface area contributed by atoms with Crippen molar-refractivity contribution in [2.75, 3.05) is 5.73 Å². The maximum Gasteiger partial charge on any atom is 0.245 e.